The first-order valence-corrected chi connectivity index (χ1v) is 15.8. The number of benzene rings is 3. The summed E-state index contributed by atoms with van der Waals surface area (Å²) < 4.78 is 39.3. The molecule has 2 amide bonds. The maximum Gasteiger partial charge on any atom is 0.337 e. The first-order valence-electron chi connectivity index (χ1n) is 14.3. The van der Waals surface area contributed by atoms with E-state index in [2.05, 4.69) is 5.32 Å². The molecule has 4 aromatic rings. The van der Waals surface area contributed by atoms with E-state index in [9.17, 15) is 22.8 Å². The number of rotatable bonds is 7. The lowest BCUT2D eigenvalue weighted by Crippen LogP contribution is -2.42. The molecule has 1 aliphatic rings. The Morgan fingerprint density at radius 2 is 1.68 bits per heavy atom. The molecule has 10 nitrogen and oxygen atoms in total. The van der Waals surface area contributed by atoms with Crippen molar-refractivity contribution < 1.29 is 32.3 Å². The van der Waals surface area contributed by atoms with Gasteiger partial charge in [-0.2, -0.15) is 0 Å². The number of carbonyl (C=O) groups excluding carboxylic acids is 3. The highest BCUT2D eigenvalue weighted by molar-refractivity contribution is 7.90. The van der Waals surface area contributed by atoms with Crippen molar-refractivity contribution >= 4 is 38.7 Å². The van der Waals surface area contributed by atoms with E-state index in [1.54, 1.807) is 67.6 Å². The average Bonchev–Trinajstić information content (AvgIpc) is 3.50. The van der Waals surface area contributed by atoms with Gasteiger partial charge in [0, 0.05) is 30.1 Å². The molecule has 1 N–H and O–H groups in total. The molecule has 0 bridgehead atoms. The Kier molecular flexibility index (Phi) is 8.78. The van der Waals surface area contributed by atoms with Crippen LogP contribution in [0.3, 0.4) is 0 Å². The lowest BCUT2D eigenvalue weighted by molar-refractivity contribution is -0.141. The lowest BCUT2D eigenvalue weighted by atomic mass is 9.99. The third kappa shape index (κ3) is 5.79. The van der Waals surface area contributed by atoms with Crippen LogP contribution in [0.1, 0.15) is 57.9 Å². The summed E-state index contributed by atoms with van der Waals surface area (Å²) >= 11 is 0. The Labute approximate surface area is 256 Å². The second-order valence-electron chi connectivity index (χ2n) is 10.9. The van der Waals surface area contributed by atoms with Crippen molar-refractivity contribution in [3.63, 3.8) is 0 Å². The number of hydrogen-bond donors (Lipinski definition) is 1. The van der Waals surface area contributed by atoms with E-state index < -0.39 is 22.0 Å². The molecule has 1 atom stereocenters. The van der Waals surface area contributed by atoms with E-state index in [-0.39, 0.29) is 29.7 Å². The van der Waals surface area contributed by atoms with Gasteiger partial charge in [-0.3, -0.25) is 9.59 Å². The summed E-state index contributed by atoms with van der Waals surface area (Å²) in [7, 11) is -1.14. The molecule has 230 valence electrons. The van der Waals surface area contributed by atoms with Crippen LogP contribution in [0.4, 0.5) is 0 Å². The van der Waals surface area contributed by atoms with Crippen LogP contribution in [-0.2, 0) is 30.9 Å². The van der Waals surface area contributed by atoms with Gasteiger partial charge in [0.2, 0.25) is 11.8 Å². The molecule has 1 fully saturated rings. The van der Waals surface area contributed by atoms with Crippen LogP contribution in [0.25, 0.3) is 10.9 Å². The van der Waals surface area contributed by atoms with Gasteiger partial charge in [-0.05, 0) is 74.2 Å². The highest BCUT2D eigenvalue weighted by atomic mass is 32.2. The number of nitrogens with one attached hydrogen (secondary N) is 1. The number of nitrogens with zero attached hydrogens (tertiary/aromatic N) is 2. The van der Waals surface area contributed by atoms with E-state index in [0.717, 1.165) is 5.56 Å². The van der Waals surface area contributed by atoms with Gasteiger partial charge < -0.3 is 19.7 Å². The van der Waals surface area contributed by atoms with Gasteiger partial charge in [-0.25, -0.2) is 17.2 Å². The van der Waals surface area contributed by atoms with Gasteiger partial charge in [0.15, 0.2) is 0 Å². The SMILES string of the molecule is COC(=O)c1ccc(C2C(=O)NCCCCC(=O)N2Cc2c(OC)cc(C)c3c2ccn3S(=O)(=O)c2ccc(C)cc2)cc1. The third-order valence-electron chi connectivity index (χ3n) is 7.97. The van der Waals surface area contributed by atoms with Crippen molar-refractivity contribution in [2.75, 3.05) is 20.8 Å². The van der Waals surface area contributed by atoms with Gasteiger partial charge in [-0.1, -0.05) is 29.8 Å². The van der Waals surface area contributed by atoms with Crippen molar-refractivity contribution in [2.24, 2.45) is 0 Å². The topological polar surface area (TPSA) is 124 Å². The van der Waals surface area contributed by atoms with E-state index in [0.29, 0.717) is 58.3 Å². The number of amides is 2. The summed E-state index contributed by atoms with van der Waals surface area (Å²) in [5.41, 5.74) is 3.48. The molecule has 0 aliphatic carbocycles. The Bertz CT molecular complexity index is 1830. The standard InChI is InChI=1S/C33H35N3O7S/c1-21-8-14-25(15-9-21)44(40,41)36-18-16-26-27(28(42-3)19-22(2)30(26)36)20-35-29(37)7-5-6-17-34-32(38)31(35)23-10-12-24(13-11-23)33(39)43-4/h8-16,18-19,31H,5-7,17,20H2,1-4H3,(H,34,38). The first-order chi connectivity index (χ1) is 21.1. The zero-order valence-corrected chi connectivity index (χ0v) is 25.9. The number of esters is 1. The first kappa shape index (κ1) is 30.8. The zero-order chi connectivity index (χ0) is 31.6. The van der Waals surface area contributed by atoms with Gasteiger partial charge in [0.05, 0.1) is 36.7 Å². The fourth-order valence-electron chi connectivity index (χ4n) is 5.64. The smallest absolute Gasteiger partial charge is 0.337 e. The number of methoxy groups -OCH3 is 2. The Morgan fingerprint density at radius 1 is 0.977 bits per heavy atom. The fraction of sp³-hybridized carbons (Fsp3) is 0.303. The summed E-state index contributed by atoms with van der Waals surface area (Å²) in [6.07, 6.45) is 2.98. The summed E-state index contributed by atoms with van der Waals surface area (Å²) in [5.74, 6) is -0.631. The number of fused-ring (bicyclic) bond motifs is 1. The van der Waals surface area contributed by atoms with Crippen molar-refractivity contribution in [1.29, 1.82) is 0 Å². The van der Waals surface area contributed by atoms with E-state index in [1.165, 1.54) is 29.3 Å². The molecule has 1 aromatic heterocycles. The summed E-state index contributed by atoms with van der Waals surface area (Å²) in [5, 5.41) is 3.53. The lowest BCUT2D eigenvalue weighted by Gasteiger charge is -2.32. The normalized spacial score (nSPS) is 16.2. The minimum absolute atomic E-state index is 0.0236. The molecule has 11 heteroatoms. The van der Waals surface area contributed by atoms with Crippen molar-refractivity contribution in [2.45, 2.75) is 50.6 Å². The maximum absolute atomic E-state index is 13.8. The highest BCUT2D eigenvalue weighted by Gasteiger charge is 2.34. The van der Waals surface area contributed by atoms with Crippen molar-refractivity contribution in [3.05, 3.63) is 94.7 Å². The minimum Gasteiger partial charge on any atom is -0.496 e. The summed E-state index contributed by atoms with van der Waals surface area (Å²) in [6, 6.07) is 15.5. The van der Waals surface area contributed by atoms with Crippen molar-refractivity contribution in [3.8, 4) is 5.75 Å². The molecule has 0 spiro atoms. The van der Waals surface area contributed by atoms with Gasteiger partial charge in [0.25, 0.3) is 10.0 Å². The highest BCUT2D eigenvalue weighted by Crippen LogP contribution is 2.37. The number of ether oxygens (including phenoxy) is 2. The van der Waals surface area contributed by atoms with Crippen LogP contribution < -0.4 is 10.1 Å². The predicted molar refractivity (Wildman–Crippen MR) is 165 cm³/mol. The third-order valence-corrected chi connectivity index (χ3v) is 9.66. The average molecular weight is 618 g/mol. The second-order valence-corrected chi connectivity index (χ2v) is 12.7. The molecule has 1 aliphatic heterocycles. The number of aromatic nitrogens is 1. The van der Waals surface area contributed by atoms with Crippen molar-refractivity contribution in [1.82, 2.24) is 14.2 Å². The van der Waals surface area contributed by atoms with E-state index in [4.69, 9.17) is 9.47 Å². The van der Waals surface area contributed by atoms with Crippen LogP contribution in [0.2, 0.25) is 0 Å². The number of hydrogen-bond acceptors (Lipinski definition) is 7. The van der Waals surface area contributed by atoms with Crippen LogP contribution in [0.15, 0.2) is 71.8 Å². The summed E-state index contributed by atoms with van der Waals surface area (Å²) in [6.45, 7) is 4.10. The van der Waals surface area contributed by atoms with Gasteiger partial charge in [-0.15, -0.1) is 0 Å². The van der Waals surface area contributed by atoms with Crippen LogP contribution in [0.5, 0.6) is 5.75 Å². The molecule has 0 radical (unpaired) electrons. The minimum atomic E-state index is -3.94. The molecule has 5 rings (SSSR count). The predicted octanol–water partition coefficient (Wildman–Crippen LogP) is 4.66. The number of carbonyl (C=O) groups is 3. The molecular formula is C33H35N3O7S. The number of aryl methyl sites for hydroxylation is 2. The zero-order valence-electron chi connectivity index (χ0n) is 25.1. The molecule has 3 aromatic carbocycles. The Hall–Kier alpha value is -4.64. The largest absolute Gasteiger partial charge is 0.496 e. The fourth-order valence-corrected chi connectivity index (χ4v) is 7.05. The quantitative estimate of drug-likeness (QED) is 0.299. The molecule has 1 unspecified atom stereocenters. The molecule has 0 saturated carbocycles. The Balaban J connectivity index is 1.65. The second kappa shape index (κ2) is 12.5. The monoisotopic (exact) mass is 617 g/mol. The van der Waals surface area contributed by atoms with Gasteiger partial charge >= 0.3 is 5.97 Å². The maximum atomic E-state index is 13.8. The van der Waals surface area contributed by atoms with Gasteiger partial charge in [0.1, 0.15) is 11.8 Å². The Morgan fingerprint density at radius 3 is 2.34 bits per heavy atom. The van der Waals surface area contributed by atoms with Crippen LogP contribution >= 0.6 is 0 Å². The van der Waals surface area contributed by atoms with E-state index >= 15 is 0 Å². The molecular weight excluding hydrogens is 582 g/mol. The van der Waals surface area contributed by atoms with Crippen LogP contribution in [-0.4, -0.2) is 55.8 Å². The molecule has 2 heterocycles. The molecule has 44 heavy (non-hydrogen) atoms. The summed E-state index contributed by atoms with van der Waals surface area (Å²) in [4.78, 5) is 41.1. The van der Waals surface area contributed by atoms with Crippen LogP contribution in [0, 0.1) is 13.8 Å². The van der Waals surface area contributed by atoms with E-state index in [1.807, 2.05) is 6.92 Å². The molecule has 1 saturated heterocycles.